The summed E-state index contributed by atoms with van der Waals surface area (Å²) in [6.07, 6.45) is 0. The Hall–Kier alpha value is -1.07. The van der Waals surface area contributed by atoms with E-state index in [0.29, 0.717) is 18.1 Å². The average molecular weight is 330 g/mol. The van der Waals surface area contributed by atoms with Gasteiger partial charge in [-0.1, -0.05) is 30.7 Å². The second kappa shape index (κ2) is 5.61. The molecule has 1 aromatic rings. The van der Waals surface area contributed by atoms with Gasteiger partial charge in [0.05, 0.1) is 10.7 Å². The molecule has 21 heavy (non-hydrogen) atoms. The number of carbonyl (C=O) groups is 1. The molecule has 0 radical (unpaired) electrons. The third-order valence-corrected chi connectivity index (χ3v) is 6.48. The molecule has 1 amide bonds. The first-order valence-electron chi connectivity index (χ1n) is 6.95. The molecule has 6 heteroatoms. The summed E-state index contributed by atoms with van der Waals surface area (Å²) in [4.78, 5) is 14.2. The zero-order valence-corrected chi connectivity index (χ0v) is 14.0. The summed E-state index contributed by atoms with van der Waals surface area (Å²) >= 11 is 5.98. The second-order valence-corrected chi connectivity index (χ2v) is 8.93. The molecule has 1 aliphatic rings. The summed E-state index contributed by atoms with van der Waals surface area (Å²) in [5, 5.41) is 0.171. The van der Waals surface area contributed by atoms with E-state index >= 15 is 0 Å². The topological polar surface area (TPSA) is 54.5 Å². The maximum Gasteiger partial charge on any atom is 0.232 e. The molecule has 1 aliphatic heterocycles. The van der Waals surface area contributed by atoms with Gasteiger partial charge in [0.15, 0.2) is 9.84 Å². The van der Waals surface area contributed by atoms with E-state index in [1.165, 1.54) is 0 Å². The fraction of sp³-hybridized carbons (Fsp3) is 0.533. The van der Waals surface area contributed by atoms with Gasteiger partial charge >= 0.3 is 0 Å². The van der Waals surface area contributed by atoms with Gasteiger partial charge in [0.1, 0.15) is 0 Å². The van der Waals surface area contributed by atoms with Gasteiger partial charge in [0.25, 0.3) is 0 Å². The minimum absolute atomic E-state index is 0.0627. The van der Waals surface area contributed by atoms with E-state index in [0.717, 1.165) is 5.56 Å². The van der Waals surface area contributed by atoms with Crippen LogP contribution in [0.3, 0.4) is 0 Å². The van der Waals surface area contributed by atoms with Crippen molar-refractivity contribution in [2.24, 2.45) is 0 Å². The molecular formula is C15H20ClNO3S. The SMILES string of the molecule is CCS(=O)(=O)C1CN(C(=O)C(C)(C)c2cccc(Cl)c2)C1. The van der Waals surface area contributed by atoms with Crippen LogP contribution in [-0.2, 0) is 20.0 Å². The van der Waals surface area contributed by atoms with Crippen LogP contribution < -0.4 is 0 Å². The summed E-state index contributed by atoms with van der Waals surface area (Å²) in [6, 6.07) is 7.22. The number of amides is 1. The molecular weight excluding hydrogens is 310 g/mol. The molecule has 1 heterocycles. The molecule has 0 aromatic heterocycles. The highest BCUT2D eigenvalue weighted by molar-refractivity contribution is 7.92. The summed E-state index contributed by atoms with van der Waals surface area (Å²) in [5.41, 5.74) is 0.119. The van der Waals surface area contributed by atoms with Crippen LogP contribution in [0.4, 0.5) is 0 Å². The van der Waals surface area contributed by atoms with Crippen LogP contribution in [0, 0.1) is 0 Å². The molecule has 0 atom stereocenters. The number of hydrogen-bond donors (Lipinski definition) is 0. The van der Waals surface area contributed by atoms with E-state index in [2.05, 4.69) is 0 Å². The smallest absolute Gasteiger partial charge is 0.232 e. The van der Waals surface area contributed by atoms with Crippen molar-refractivity contribution in [2.75, 3.05) is 18.8 Å². The number of benzene rings is 1. The van der Waals surface area contributed by atoms with Gasteiger partial charge in [0, 0.05) is 23.9 Å². The fourth-order valence-electron chi connectivity index (χ4n) is 2.46. The number of hydrogen-bond acceptors (Lipinski definition) is 3. The van der Waals surface area contributed by atoms with Gasteiger partial charge in [-0.05, 0) is 31.5 Å². The molecule has 1 aromatic carbocycles. The van der Waals surface area contributed by atoms with Crippen LogP contribution >= 0.6 is 11.6 Å². The molecule has 0 unspecified atom stereocenters. The molecule has 2 rings (SSSR count). The van der Waals surface area contributed by atoms with E-state index in [-0.39, 0.29) is 11.7 Å². The number of rotatable bonds is 4. The van der Waals surface area contributed by atoms with Crippen molar-refractivity contribution in [3.05, 3.63) is 34.9 Å². The Labute approximate surface area is 131 Å². The van der Waals surface area contributed by atoms with Gasteiger partial charge in [0.2, 0.25) is 5.91 Å². The van der Waals surface area contributed by atoms with E-state index in [4.69, 9.17) is 11.6 Å². The van der Waals surface area contributed by atoms with Gasteiger partial charge < -0.3 is 4.90 Å². The normalized spacial score (nSPS) is 16.7. The quantitative estimate of drug-likeness (QED) is 0.851. The number of carbonyl (C=O) groups excluding carboxylic acids is 1. The summed E-state index contributed by atoms with van der Waals surface area (Å²) in [7, 11) is -3.06. The highest BCUT2D eigenvalue weighted by atomic mass is 35.5. The van der Waals surface area contributed by atoms with E-state index in [1.807, 2.05) is 26.0 Å². The molecule has 0 aliphatic carbocycles. The lowest BCUT2D eigenvalue weighted by Gasteiger charge is -2.42. The number of halogens is 1. The Morgan fingerprint density at radius 1 is 1.38 bits per heavy atom. The maximum atomic E-state index is 12.6. The predicted molar refractivity (Wildman–Crippen MR) is 84.3 cm³/mol. The van der Waals surface area contributed by atoms with Crippen LogP contribution in [0.2, 0.25) is 5.02 Å². The largest absolute Gasteiger partial charge is 0.339 e. The van der Waals surface area contributed by atoms with Crippen molar-refractivity contribution >= 4 is 27.3 Å². The lowest BCUT2D eigenvalue weighted by molar-refractivity contribution is -0.139. The van der Waals surface area contributed by atoms with Crippen molar-refractivity contribution < 1.29 is 13.2 Å². The van der Waals surface area contributed by atoms with Gasteiger partial charge in [-0.15, -0.1) is 0 Å². The third-order valence-electron chi connectivity index (χ3n) is 4.13. The second-order valence-electron chi connectivity index (χ2n) is 5.92. The zero-order valence-electron chi connectivity index (χ0n) is 12.5. The van der Waals surface area contributed by atoms with Crippen LogP contribution in [0.15, 0.2) is 24.3 Å². The monoisotopic (exact) mass is 329 g/mol. The highest BCUT2D eigenvalue weighted by Gasteiger charge is 2.43. The standard InChI is InChI=1S/C15H20ClNO3S/c1-4-21(19,20)13-9-17(10-13)14(18)15(2,3)11-6-5-7-12(16)8-11/h5-8,13H,4,9-10H2,1-3H3. The molecule has 1 saturated heterocycles. The molecule has 0 bridgehead atoms. The van der Waals surface area contributed by atoms with Crippen LogP contribution in [-0.4, -0.2) is 43.3 Å². The van der Waals surface area contributed by atoms with Gasteiger partial charge in [-0.3, -0.25) is 4.79 Å². The predicted octanol–water partition coefficient (Wildman–Crippen LogP) is 2.26. The molecule has 1 fully saturated rings. The molecule has 4 nitrogen and oxygen atoms in total. The molecule has 0 spiro atoms. The fourth-order valence-corrected chi connectivity index (χ4v) is 3.94. The molecule has 0 N–H and O–H groups in total. The van der Waals surface area contributed by atoms with E-state index < -0.39 is 20.5 Å². The van der Waals surface area contributed by atoms with Crippen LogP contribution in [0.1, 0.15) is 26.3 Å². The van der Waals surface area contributed by atoms with Crippen molar-refractivity contribution in [1.82, 2.24) is 4.90 Å². The number of likely N-dealkylation sites (tertiary alicyclic amines) is 1. The molecule has 116 valence electrons. The Balaban J connectivity index is 2.11. The van der Waals surface area contributed by atoms with E-state index in [1.54, 1.807) is 24.0 Å². The van der Waals surface area contributed by atoms with Crippen LogP contribution in [0.25, 0.3) is 0 Å². The van der Waals surface area contributed by atoms with Crippen molar-refractivity contribution in [3.8, 4) is 0 Å². The zero-order chi connectivity index (χ0) is 15.8. The summed E-state index contributed by atoms with van der Waals surface area (Å²) in [6.45, 7) is 5.89. The summed E-state index contributed by atoms with van der Waals surface area (Å²) in [5.74, 6) is 0.0597. The first-order valence-corrected chi connectivity index (χ1v) is 9.05. The van der Waals surface area contributed by atoms with E-state index in [9.17, 15) is 13.2 Å². The van der Waals surface area contributed by atoms with Gasteiger partial charge in [-0.2, -0.15) is 0 Å². The molecule has 0 saturated carbocycles. The lowest BCUT2D eigenvalue weighted by atomic mass is 9.82. The lowest BCUT2D eigenvalue weighted by Crippen LogP contribution is -2.60. The van der Waals surface area contributed by atoms with Crippen molar-refractivity contribution in [2.45, 2.75) is 31.4 Å². The van der Waals surface area contributed by atoms with Gasteiger partial charge in [-0.25, -0.2) is 8.42 Å². The Bertz CT molecular complexity index is 649. The number of sulfone groups is 1. The van der Waals surface area contributed by atoms with Crippen molar-refractivity contribution in [1.29, 1.82) is 0 Å². The first-order chi connectivity index (χ1) is 9.68. The minimum atomic E-state index is -3.06. The number of nitrogens with zero attached hydrogens (tertiary/aromatic N) is 1. The summed E-state index contributed by atoms with van der Waals surface area (Å²) < 4.78 is 23.5. The highest BCUT2D eigenvalue weighted by Crippen LogP contribution is 2.30. The Kier molecular flexibility index (Phi) is 4.36. The Morgan fingerprint density at radius 3 is 2.52 bits per heavy atom. The Morgan fingerprint density at radius 2 is 2.00 bits per heavy atom. The first kappa shape index (κ1) is 16.3. The van der Waals surface area contributed by atoms with Crippen LogP contribution in [0.5, 0.6) is 0 Å². The maximum absolute atomic E-state index is 12.6. The minimum Gasteiger partial charge on any atom is -0.339 e. The average Bonchev–Trinajstić information content (AvgIpc) is 2.36. The third kappa shape index (κ3) is 3.09. The van der Waals surface area contributed by atoms with Crippen molar-refractivity contribution in [3.63, 3.8) is 0 Å².